The maximum absolute atomic E-state index is 13.5. The van der Waals surface area contributed by atoms with Crippen molar-refractivity contribution in [2.45, 2.75) is 56.2 Å². The molecule has 5 atom stereocenters. The minimum Gasteiger partial charge on any atom is -0.394 e. The molecule has 3 N–H and O–H groups in total. The fraction of sp³-hybridized carbons (Fsp3) is 0.435. The van der Waals surface area contributed by atoms with Gasteiger partial charge in [0.05, 0.1) is 18.6 Å². The van der Waals surface area contributed by atoms with Gasteiger partial charge in [-0.2, -0.15) is 0 Å². The van der Waals surface area contributed by atoms with E-state index < -0.39 is 49.0 Å². The number of carbonyl (C=O) groups is 1. The van der Waals surface area contributed by atoms with Gasteiger partial charge in [-0.25, -0.2) is 0 Å². The largest absolute Gasteiger partial charge is 0.394 e. The lowest BCUT2D eigenvalue weighted by molar-refractivity contribution is -0.218. The van der Waals surface area contributed by atoms with Gasteiger partial charge in [-0.15, -0.1) is 0 Å². The lowest BCUT2D eigenvalue weighted by atomic mass is 9.89. The van der Waals surface area contributed by atoms with Crippen LogP contribution in [0.5, 0.6) is 0 Å². The normalized spacial score (nSPS) is 28.3. The highest BCUT2D eigenvalue weighted by atomic mass is 16.8. The standard InChI is InChI=1S/C23H27NO6/c1-23(2)29-20-18(19(16(26)13-25)28-22(20)30-23)24-21(27)17(14-9-5-3-6-10-14)15-11-7-4-8-12-15/h3-12,16-20,22,25-26H,13H2,1-2H3,(H,24,27)/t16-,18+,19-,20-,22-/m1/s1. The topological polar surface area (TPSA) is 97.3 Å². The summed E-state index contributed by atoms with van der Waals surface area (Å²) in [4.78, 5) is 13.5. The lowest BCUT2D eigenvalue weighted by Crippen LogP contribution is -2.53. The van der Waals surface area contributed by atoms with E-state index in [9.17, 15) is 15.0 Å². The van der Waals surface area contributed by atoms with Crippen LogP contribution >= 0.6 is 0 Å². The summed E-state index contributed by atoms with van der Waals surface area (Å²) in [7, 11) is 0. The van der Waals surface area contributed by atoms with Crippen LogP contribution in [0.15, 0.2) is 60.7 Å². The molecule has 0 unspecified atom stereocenters. The molecule has 7 heteroatoms. The maximum atomic E-state index is 13.5. The maximum Gasteiger partial charge on any atom is 0.232 e. The molecule has 0 saturated carbocycles. The van der Waals surface area contributed by atoms with Gasteiger partial charge in [0.15, 0.2) is 12.1 Å². The third-order valence-electron chi connectivity index (χ3n) is 5.49. The van der Waals surface area contributed by atoms with Crippen LogP contribution in [0.4, 0.5) is 0 Å². The van der Waals surface area contributed by atoms with Gasteiger partial charge in [0, 0.05) is 0 Å². The number of hydrogen-bond donors (Lipinski definition) is 3. The number of amides is 1. The number of nitrogens with one attached hydrogen (secondary N) is 1. The number of hydrogen-bond acceptors (Lipinski definition) is 6. The van der Waals surface area contributed by atoms with E-state index in [0.29, 0.717) is 0 Å². The van der Waals surface area contributed by atoms with Gasteiger partial charge < -0.3 is 29.7 Å². The Morgan fingerprint density at radius 2 is 1.60 bits per heavy atom. The molecule has 0 aliphatic carbocycles. The van der Waals surface area contributed by atoms with Crippen LogP contribution in [0.2, 0.25) is 0 Å². The molecule has 2 aliphatic rings. The molecule has 0 bridgehead atoms. The fourth-order valence-electron chi connectivity index (χ4n) is 4.16. The van der Waals surface area contributed by atoms with E-state index in [-0.39, 0.29) is 5.91 Å². The number of ether oxygens (including phenoxy) is 3. The molecule has 2 aromatic carbocycles. The average Bonchev–Trinajstić information content (AvgIpc) is 3.21. The molecule has 160 valence electrons. The number of rotatable bonds is 6. The summed E-state index contributed by atoms with van der Waals surface area (Å²) in [5.41, 5.74) is 1.69. The molecule has 0 aromatic heterocycles. The predicted octanol–water partition coefficient (Wildman–Crippen LogP) is 1.53. The molecular formula is C23H27NO6. The molecule has 1 amide bonds. The van der Waals surface area contributed by atoms with E-state index in [1.165, 1.54) is 0 Å². The number of carbonyl (C=O) groups excluding carboxylic acids is 1. The van der Waals surface area contributed by atoms with E-state index in [2.05, 4.69) is 5.32 Å². The Balaban J connectivity index is 1.63. The van der Waals surface area contributed by atoms with Crippen molar-refractivity contribution < 1.29 is 29.2 Å². The first kappa shape index (κ1) is 21.0. The SMILES string of the molecule is CC1(C)O[C@H]2O[C@H]([C@H](O)CO)[C@H](NC(=O)C(c3ccccc3)c3ccccc3)[C@H]2O1. The average molecular weight is 413 g/mol. The Kier molecular flexibility index (Phi) is 5.90. The van der Waals surface area contributed by atoms with Crippen molar-refractivity contribution in [2.24, 2.45) is 0 Å². The first-order chi connectivity index (χ1) is 14.4. The molecule has 30 heavy (non-hydrogen) atoms. The van der Waals surface area contributed by atoms with Crippen molar-refractivity contribution in [3.63, 3.8) is 0 Å². The van der Waals surface area contributed by atoms with E-state index >= 15 is 0 Å². The molecule has 2 saturated heterocycles. The van der Waals surface area contributed by atoms with Crippen molar-refractivity contribution >= 4 is 5.91 Å². The van der Waals surface area contributed by atoms with Gasteiger partial charge in [0.25, 0.3) is 0 Å². The zero-order valence-corrected chi connectivity index (χ0v) is 17.0. The molecule has 4 rings (SSSR count). The second-order valence-corrected chi connectivity index (χ2v) is 8.11. The van der Waals surface area contributed by atoms with Crippen LogP contribution < -0.4 is 5.32 Å². The van der Waals surface area contributed by atoms with E-state index in [1.807, 2.05) is 60.7 Å². The number of aliphatic hydroxyl groups is 2. The summed E-state index contributed by atoms with van der Waals surface area (Å²) in [6.07, 6.45) is -3.36. The Morgan fingerprint density at radius 3 is 2.13 bits per heavy atom. The second kappa shape index (κ2) is 8.45. The number of fused-ring (bicyclic) bond motifs is 1. The first-order valence-electron chi connectivity index (χ1n) is 10.1. The van der Waals surface area contributed by atoms with Gasteiger partial charge in [-0.1, -0.05) is 60.7 Å². The Labute approximate surface area is 175 Å². The lowest BCUT2D eigenvalue weighted by Gasteiger charge is -2.30. The molecule has 0 spiro atoms. The summed E-state index contributed by atoms with van der Waals surface area (Å²) in [6, 6.07) is 18.3. The van der Waals surface area contributed by atoms with Crippen LogP contribution in [-0.4, -0.2) is 59.2 Å². The van der Waals surface area contributed by atoms with Crippen molar-refractivity contribution in [3.05, 3.63) is 71.8 Å². The quantitative estimate of drug-likeness (QED) is 0.665. The summed E-state index contributed by atoms with van der Waals surface area (Å²) < 4.78 is 17.5. The van der Waals surface area contributed by atoms with Crippen molar-refractivity contribution in [2.75, 3.05) is 6.61 Å². The van der Waals surface area contributed by atoms with Crippen molar-refractivity contribution in [3.8, 4) is 0 Å². The van der Waals surface area contributed by atoms with Crippen LogP contribution in [0.25, 0.3) is 0 Å². The van der Waals surface area contributed by atoms with E-state index in [4.69, 9.17) is 14.2 Å². The summed E-state index contributed by atoms with van der Waals surface area (Å²) in [5.74, 6) is -1.66. The number of aliphatic hydroxyl groups excluding tert-OH is 2. The van der Waals surface area contributed by atoms with Crippen LogP contribution in [0.3, 0.4) is 0 Å². The zero-order valence-electron chi connectivity index (χ0n) is 17.0. The Hall–Kier alpha value is -2.29. The van der Waals surface area contributed by atoms with Crippen LogP contribution in [0, 0.1) is 0 Å². The molecule has 2 heterocycles. The first-order valence-corrected chi connectivity index (χ1v) is 10.1. The molecular weight excluding hydrogens is 386 g/mol. The minimum atomic E-state index is -1.18. The predicted molar refractivity (Wildman–Crippen MR) is 108 cm³/mol. The van der Waals surface area contributed by atoms with Gasteiger partial charge in [-0.3, -0.25) is 4.79 Å². The number of benzene rings is 2. The highest BCUT2D eigenvalue weighted by Gasteiger charge is 2.57. The molecule has 7 nitrogen and oxygen atoms in total. The van der Waals surface area contributed by atoms with E-state index in [0.717, 1.165) is 11.1 Å². The van der Waals surface area contributed by atoms with Crippen molar-refractivity contribution in [1.82, 2.24) is 5.32 Å². The summed E-state index contributed by atoms with van der Waals surface area (Å²) in [5, 5.41) is 22.7. The highest BCUT2D eigenvalue weighted by Crippen LogP contribution is 2.39. The van der Waals surface area contributed by atoms with E-state index in [1.54, 1.807) is 13.8 Å². The fourth-order valence-corrected chi connectivity index (χ4v) is 4.16. The Bertz CT molecular complexity index is 819. The smallest absolute Gasteiger partial charge is 0.232 e. The third kappa shape index (κ3) is 4.12. The second-order valence-electron chi connectivity index (χ2n) is 8.11. The van der Waals surface area contributed by atoms with Gasteiger partial charge in [0.1, 0.15) is 18.3 Å². The zero-order chi connectivity index (χ0) is 21.3. The molecule has 0 radical (unpaired) electrons. The minimum absolute atomic E-state index is 0.245. The van der Waals surface area contributed by atoms with Crippen LogP contribution in [0.1, 0.15) is 30.9 Å². The monoisotopic (exact) mass is 413 g/mol. The summed E-state index contributed by atoms with van der Waals surface area (Å²) in [6.45, 7) is 3.03. The third-order valence-corrected chi connectivity index (χ3v) is 5.49. The van der Waals surface area contributed by atoms with Crippen LogP contribution in [-0.2, 0) is 19.0 Å². The Morgan fingerprint density at radius 1 is 1.03 bits per heavy atom. The molecule has 2 fully saturated rings. The molecule has 2 aromatic rings. The van der Waals surface area contributed by atoms with Gasteiger partial charge in [0.2, 0.25) is 5.91 Å². The highest BCUT2D eigenvalue weighted by molar-refractivity contribution is 5.87. The van der Waals surface area contributed by atoms with Crippen molar-refractivity contribution in [1.29, 1.82) is 0 Å². The van der Waals surface area contributed by atoms with Gasteiger partial charge >= 0.3 is 0 Å². The summed E-state index contributed by atoms with van der Waals surface area (Å²) >= 11 is 0. The van der Waals surface area contributed by atoms with Gasteiger partial charge in [-0.05, 0) is 25.0 Å². The molecule has 2 aliphatic heterocycles.